The second-order valence-electron chi connectivity index (χ2n) is 2.61. The highest BCUT2D eigenvalue weighted by Gasteiger charge is 2.14. The van der Waals surface area contributed by atoms with E-state index in [1.165, 1.54) is 12.1 Å². The lowest BCUT2D eigenvalue weighted by molar-refractivity contribution is 0.478. The number of hydrogen-bond acceptors (Lipinski definition) is 3. The fourth-order valence-corrected chi connectivity index (χ4v) is 1.21. The molecular formula is C7H10N2O3S. The van der Waals surface area contributed by atoms with Gasteiger partial charge in [0.2, 0.25) is 0 Å². The summed E-state index contributed by atoms with van der Waals surface area (Å²) in [4.78, 5) is 0. The Kier molecular flexibility index (Phi) is 2.55. The minimum atomic E-state index is -4.36. The summed E-state index contributed by atoms with van der Waals surface area (Å²) in [5, 5.41) is 0. The van der Waals surface area contributed by atoms with E-state index in [-0.39, 0.29) is 5.69 Å². The van der Waals surface area contributed by atoms with Crippen molar-refractivity contribution in [3.05, 3.63) is 29.8 Å². The van der Waals surface area contributed by atoms with Crippen molar-refractivity contribution in [3.63, 3.8) is 0 Å². The van der Waals surface area contributed by atoms with Crippen LogP contribution in [-0.4, -0.2) is 13.0 Å². The number of anilines is 1. The number of nitrogens with two attached hydrogens (primary N) is 1. The van der Waals surface area contributed by atoms with Crippen LogP contribution in [0.4, 0.5) is 5.69 Å². The highest BCUT2D eigenvalue weighted by atomic mass is 32.2. The van der Waals surface area contributed by atoms with Crippen LogP contribution in [0.3, 0.4) is 0 Å². The summed E-state index contributed by atoms with van der Waals surface area (Å²) in [7, 11) is -4.36. The van der Waals surface area contributed by atoms with E-state index in [4.69, 9.17) is 10.4 Å². The summed E-state index contributed by atoms with van der Waals surface area (Å²) in [5.74, 6) is 5.12. The Morgan fingerprint density at radius 3 is 2.15 bits per heavy atom. The number of nitrogens with zero attached hydrogens (tertiary/aromatic N) is 1. The van der Waals surface area contributed by atoms with E-state index in [0.717, 1.165) is 5.56 Å². The monoisotopic (exact) mass is 202 g/mol. The van der Waals surface area contributed by atoms with Crippen LogP contribution < -0.4 is 10.3 Å². The molecule has 0 fully saturated rings. The first kappa shape index (κ1) is 9.97. The molecule has 0 aliphatic heterocycles. The summed E-state index contributed by atoms with van der Waals surface area (Å²) in [6.45, 7) is 1.86. The van der Waals surface area contributed by atoms with E-state index >= 15 is 0 Å². The van der Waals surface area contributed by atoms with Crippen molar-refractivity contribution in [2.75, 3.05) is 4.41 Å². The van der Waals surface area contributed by atoms with Gasteiger partial charge in [-0.2, -0.15) is 12.8 Å². The zero-order chi connectivity index (χ0) is 10.1. The first-order chi connectivity index (χ1) is 5.91. The minimum absolute atomic E-state index is 0.216. The lowest BCUT2D eigenvalue weighted by Gasteiger charge is -2.13. The van der Waals surface area contributed by atoms with E-state index in [1.54, 1.807) is 12.1 Å². The Hall–Kier alpha value is -1.11. The van der Waals surface area contributed by atoms with E-state index in [9.17, 15) is 8.42 Å². The van der Waals surface area contributed by atoms with Gasteiger partial charge in [-0.15, -0.1) is 0 Å². The van der Waals surface area contributed by atoms with Gasteiger partial charge in [-0.3, -0.25) is 4.55 Å². The highest BCUT2D eigenvalue weighted by molar-refractivity contribution is 7.87. The SMILES string of the molecule is Cc1ccc(N(N)S(=O)(=O)O)cc1. The van der Waals surface area contributed by atoms with Crippen molar-refractivity contribution >= 4 is 16.0 Å². The molecule has 0 aliphatic carbocycles. The molecule has 6 heteroatoms. The minimum Gasteiger partial charge on any atom is -0.268 e. The normalized spacial score (nSPS) is 11.3. The predicted octanol–water partition coefficient (Wildman–Crippen LogP) is 0.478. The molecule has 3 N–H and O–H groups in total. The summed E-state index contributed by atoms with van der Waals surface area (Å²) >= 11 is 0. The number of benzene rings is 1. The third-order valence-electron chi connectivity index (χ3n) is 1.54. The van der Waals surface area contributed by atoms with Gasteiger partial charge in [-0.05, 0) is 19.1 Å². The molecule has 1 rings (SSSR count). The average Bonchev–Trinajstić information content (AvgIpc) is 2.03. The van der Waals surface area contributed by atoms with Gasteiger partial charge >= 0.3 is 10.3 Å². The van der Waals surface area contributed by atoms with Gasteiger partial charge in [0, 0.05) is 0 Å². The van der Waals surface area contributed by atoms with Crippen LogP contribution in [0.15, 0.2) is 24.3 Å². The topological polar surface area (TPSA) is 83.6 Å². The van der Waals surface area contributed by atoms with Crippen molar-refractivity contribution in [2.24, 2.45) is 5.84 Å². The zero-order valence-corrected chi connectivity index (χ0v) is 7.82. The summed E-state index contributed by atoms with van der Waals surface area (Å²) in [6.07, 6.45) is 0. The summed E-state index contributed by atoms with van der Waals surface area (Å²) in [6, 6.07) is 6.40. The van der Waals surface area contributed by atoms with Crippen LogP contribution in [0, 0.1) is 6.92 Å². The summed E-state index contributed by atoms with van der Waals surface area (Å²) < 4.78 is 30.0. The molecule has 0 unspecified atom stereocenters. The quantitative estimate of drug-likeness (QED) is 0.415. The van der Waals surface area contributed by atoms with Gasteiger partial charge in [0.15, 0.2) is 0 Å². The molecular weight excluding hydrogens is 192 g/mol. The standard InChI is InChI=1S/C7H10N2O3S/c1-6-2-4-7(5-3-6)9(8)13(10,11)12/h2-5H,8H2,1H3,(H,10,11,12). The van der Waals surface area contributed by atoms with Crippen LogP contribution in [0.5, 0.6) is 0 Å². The average molecular weight is 202 g/mol. The molecule has 1 aromatic carbocycles. The lowest BCUT2D eigenvalue weighted by atomic mass is 10.2. The highest BCUT2D eigenvalue weighted by Crippen LogP contribution is 2.13. The number of hydrogen-bond donors (Lipinski definition) is 2. The fraction of sp³-hybridized carbons (Fsp3) is 0.143. The molecule has 0 atom stereocenters. The maximum Gasteiger partial charge on any atom is 0.373 e. The number of aryl methyl sites for hydroxylation is 1. The molecule has 0 saturated heterocycles. The summed E-state index contributed by atoms with van der Waals surface area (Å²) in [5.41, 5.74) is 1.19. The third-order valence-corrected chi connectivity index (χ3v) is 2.24. The second-order valence-corrected chi connectivity index (χ2v) is 3.90. The van der Waals surface area contributed by atoms with E-state index in [2.05, 4.69) is 0 Å². The Morgan fingerprint density at radius 1 is 1.31 bits per heavy atom. The maximum atomic E-state index is 10.6. The van der Waals surface area contributed by atoms with Gasteiger partial charge in [-0.1, -0.05) is 17.7 Å². The van der Waals surface area contributed by atoms with Crippen LogP contribution in [0.25, 0.3) is 0 Å². The molecule has 0 amide bonds. The molecule has 0 saturated carbocycles. The van der Waals surface area contributed by atoms with Gasteiger partial charge in [0.25, 0.3) is 0 Å². The van der Waals surface area contributed by atoms with E-state index in [0.29, 0.717) is 4.41 Å². The molecule has 5 nitrogen and oxygen atoms in total. The van der Waals surface area contributed by atoms with Crippen molar-refractivity contribution in [1.29, 1.82) is 0 Å². The smallest absolute Gasteiger partial charge is 0.268 e. The van der Waals surface area contributed by atoms with Gasteiger partial charge < -0.3 is 0 Å². The molecule has 0 aromatic heterocycles. The zero-order valence-electron chi connectivity index (χ0n) is 7.01. The molecule has 0 bridgehead atoms. The van der Waals surface area contributed by atoms with Crippen LogP contribution >= 0.6 is 0 Å². The second kappa shape index (κ2) is 3.33. The van der Waals surface area contributed by atoms with E-state index < -0.39 is 10.3 Å². The molecule has 0 heterocycles. The predicted molar refractivity (Wildman–Crippen MR) is 49.4 cm³/mol. The fourth-order valence-electron chi connectivity index (χ4n) is 0.825. The Bertz CT molecular complexity index is 385. The first-order valence-corrected chi connectivity index (χ1v) is 4.90. The van der Waals surface area contributed by atoms with Crippen LogP contribution in [0.1, 0.15) is 5.56 Å². The van der Waals surface area contributed by atoms with Crippen LogP contribution in [-0.2, 0) is 10.3 Å². The van der Waals surface area contributed by atoms with Gasteiger partial charge in [-0.25, -0.2) is 5.84 Å². The molecule has 72 valence electrons. The van der Waals surface area contributed by atoms with Crippen molar-refractivity contribution in [2.45, 2.75) is 6.92 Å². The lowest BCUT2D eigenvalue weighted by Crippen LogP contribution is -2.36. The maximum absolute atomic E-state index is 10.6. The Labute approximate surface area is 76.6 Å². The van der Waals surface area contributed by atoms with Crippen molar-refractivity contribution in [3.8, 4) is 0 Å². The number of hydrazine groups is 1. The Morgan fingerprint density at radius 2 is 1.77 bits per heavy atom. The number of rotatable bonds is 2. The van der Waals surface area contributed by atoms with E-state index in [1.807, 2.05) is 6.92 Å². The largest absolute Gasteiger partial charge is 0.373 e. The molecule has 0 radical (unpaired) electrons. The Balaban J connectivity index is 3.04. The van der Waals surface area contributed by atoms with Gasteiger partial charge in [0.1, 0.15) is 0 Å². The van der Waals surface area contributed by atoms with Gasteiger partial charge in [0.05, 0.1) is 5.69 Å². The molecule has 13 heavy (non-hydrogen) atoms. The van der Waals surface area contributed by atoms with Crippen LogP contribution in [0.2, 0.25) is 0 Å². The molecule has 1 aromatic rings. The molecule has 0 aliphatic rings. The van der Waals surface area contributed by atoms with Crippen molar-refractivity contribution in [1.82, 2.24) is 0 Å². The first-order valence-electron chi connectivity index (χ1n) is 3.50. The third kappa shape index (κ3) is 2.41. The van der Waals surface area contributed by atoms with Crippen molar-refractivity contribution < 1.29 is 13.0 Å². The molecule has 0 spiro atoms.